The molecular formula is C20H25I2N3O. The predicted octanol–water partition coefficient (Wildman–Crippen LogP) is 3.68. The molecule has 1 unspecified atom stereocenters. The number of halogens is 2. The second-order valence-electron chi connectivity index (χ2n) is 6.80. The normalized spacial score (nSPS) is 19.0. The van der Waals surface area contributed by atoms with E-state index in [0.717, 1.165) is 45.4 Å². The maximum atomic E-state index is 10.2. The Hall–Kier alpha value is -0.420. The summed E-state index contributed by atoms with van der Waals surface area (Å²) in [5, 5.41) is 13.7. The quantitative estimate of drug-likeness (QED) is 0.407. The lowest BCUT2D eigenvalue weighted by Crippen LogP contribution is -2.48. The predicted molar refractivity (Wildman–Crippen MR) is 124 cm³/mol. The van der Waals surface area contributed by atoms with E-state index in [2.05, 4.69) is 97.7 Å². The summed E-state index contributed by atoms with van der Waals surface area (Å²) >= 11 is 4.49. The minimum atomic E-state index is 0.403. The maximum absolute atomic E-state index is 10.2. The van der Waals surface area contributed by atoms with Crippen LogP contribution in [0.5, 0.6) is 5.75 Å². The SMILES string of the molecule is CN1CCN(CCNCc2cc(I)cc(I)c2O)C(c2ccccc2)C1. The highest BCUT2D eigenvalue weighted by molar-refractivity contribution is 14.1. The van der Waals surface area contributed by atoms with Crippen molar-refractivity contribution in [3.63, 3.8) is 0 Å². The summed E-state index contributed by atoms with van der Waals surface area (Å²) in [5.74, 6) is 0.403. The second-order valence-corrected chi connectivity index (χ2v) is 9.20. The van der Waals surface area contributed by atoms with Crippen molar-refractivity contribution in [1.82, 2.24) is 15.1 Å². The van der Waals surface area contributed by atoms with Gasteiger partial charge in [-0.05, 0) is 69.9 Å². The van der Waals surface area contributed by atoms with Crippen molar-refractivity contribution < 1.29 is 5.11 Å². The fourth-order valence-corrected chi connectivity index (χ4v) is 5.38. The number of nitrogens with one attached hydrogen (secondary N) is 1. The molecule has 1 aliphatic rings. The zero-order valence-electron chi connectivity index (χ0n) is 15.0. The van der Waals surface area contributed by atoms with E-state index in [1.165, 1.54) is 5.56 Å². The number of piperazine rings is 1. The third-order valence-electron chi connectivity index (χ3n) is 4.88. The fourth-order valence-electron chi connectivity index (χ4n) is 3.42. The van der Waals surface area contributed by atoms with Crippen molar-refractivity contribution in [3.8, 4) is 5.75 Å². The van der Waals surface area contributed by atoms with Crippen molar-refractivity contribution in [1.29, 1.82) is 0 Å². The molecule has 6 heteroatoms. The number of aromatic hydroxyl groups is 1. The summed E-state index contributed by atoms with van der Waals surface area (Å²) in [6, 6.07) is 15.3. The van der Waals surface area contributed by atoms with Crippen LogP contribution in [0.4, 0.5) is 0 Å². The van der Waals surface area contributed by atoms with Gasteiger partial charge in [-0.1, -0.05) is 30.3 Å². The Morgan fingerprint density at radius 2 is 1.92 bits per heavy atom. The molecule has 2 N–H and O–H groups in total. The Balaban J connectivity index is 1.56. The Morgan fingerprint density at radius 3 is 2.69 bits per heavy atom. The molecule has 0 spiro atoms. The summed E-state index contributed by atoms with van der Waals surface area (Å²) in [6.45, 7) is 5.88. The number of rotatable bonds is 6. The molecule has 4 nitrogen and oxygen atoms in total. The van der Waals surface area contributed by atoms with Crippen LogP contribution in [0.3, 0.4) is 0 Å². The van der Waals surface area contributed by atoms with E-state index in [0.29, 0.717) is 18.3 Å². The second kappa shape index (κ2) is 9.68. The lowest BCUT2D eigenvalue weighted by Gasteiger charge is -2.40. The first kappa shape index (κ1) is 20.3. The van der Waals surface area contributed by atoms with E-state index in [1.54, 1.807) is 0 Å². The number of nitrogens with zero attached hydrogens (tertiary/aromatic N) is 2. The fraction of sp³-hybridized carbons (Fsp3) is 0.400. The van der Waals surface area contributed by atoms with Gasteiger partial charge in [-0.15, -0.1) is 0 Å². The first-order valence-electron chi connectivity index (χ1n) is 8.89. The van der Waals surface area contributed by atoms with E-state index in [1.807, 2.05) is 12.1 Å². The molecule has 0 saturated carbocycles. The van der Waals surface area contributed by atoms with Crippen LogP contribution in [0.25, 0.3) is 0 Å². The number of hydrogen-bond acceptors (Lipinski definition) is 4. The molecule has 1 aliphatic heterocycles. The van der Waals surface area contributed by atoms with E-state index in [4.69, 9.17) is 0 Å². The number of phenolic OH excluding ortho intramolecular Hbond substituents is 1. The number of phenols is 1. The van der Waals surface area contributed by atoms with Gasteiger partial charge < -0.3 is 15.3 Å². The molecule has 1 heterocycles. The van der Waals surface area contributed by atoms with Gasteiger partial charge in [0, 0.05) is 54.4 Å². The van der Waals surface area contributed by atoms with Gasteiger partial charge in [-0.2, -0.15) is 0 Å². The molecule has 0 aliphatic carbocycles. The van der Waals surface area contributed by atoms with E-state index >= 15 is 0 Å². The highest BCUT2D eigenvalue weighted by atomic mass is 127. The third kappa shape index (κ3) is 5.31. The van der Waals surface area contributed by atoms with E-state index < -0.39 is 0 Å². The van der Waals surface area contributed by atoms with Crippen LogP contribution in [0.2, 0.25) is 0 Å². The van der Waals surface area contributed by atoms with Crippen molar-refractivity contribution in [2.24, 2.45) is 0 Å². The Bertz CT molecular complexity index is 726. The largest absolute Gasteiger partial charge is 0.507 e. The standard InChI is InChI=1S/C20H25I2N3O/c1-24-9-10-25(19(14-24)15-5-3-2-4-6-15)8-7-23-13-16-11-17(21)12-18(22)20(16)26/h2-6,11-12,19,23,26H,7-10,13-14H2,1H3. The minimum absolute atomic E-state index is 0.403. The highest BCUT2D eigenvalue weighted by Gasteiger charge is 2.25. The summed E-state index contributed by atoms with van der Waals surface area (Å²) in [7, 11) is 2.20. The molecule has 1 fully saturated rings. The summed E-state index contributed by atoms with van der Waals surface area (Å²) in [6.07, 6.45) is 0. The number of hydrogen-bond donors (Lipinski definition) is 2. The van der Waals surface area contributed by atoms with Gasteiger partial charge >= 0.3 is 0 Å². The summed E-state index contributed by atoms with van der Waals surface area (Å²) < 4.78 is 2.07. The smallest absolute Gasteiger partial charge is 0.133 e. The lowest BCUT2D eigenvalue weighted by molar-refractivity contribution is 0.0906. The lowest BCUT2D eigenvalue weighted by atomic mass is 10.0. The topological polar surface area (TPSA) is 38.7 Å². The zero-order chi connectivity index (χ0) is 18.5. The van der Waals surface area contributed by atoms with Crippen LogP contribution in [0, 0.1) is 7.14 Å². The molecule has 2 aromatic carbocycles. The minimum Gasteiger partial charge on any atom is -0.507 e. The summed E-state index contributed by atoms with van der Waals surface area (Å²) in [5.41, 5.74) is 2.36. The average molecular weight is 577 g/mol. The molecule has 0 bridgehead atoms. The van der Waals surface area contributed by atoms with Gasteiger partial charge in [-0.25, -0.2) is 0 Å². The van der Waals surface area contributed by atoms with Gasteiger partial charge in [0.1, 0.15) is 5.75 Å². The van der Waals surface area contributed by atoms with Crippen LogP contribution >= 0.6 is 45.2 Å². The highest BCUT2D eigenvalue weighted by Crippen LogP contribution is 2.27. The summed E-state index contributed by atoms with van der Waals surface area (Å²) in [4.78, 5) is 4.98. The van der Waals surface area contributed by atoms with Crippen LogP contribution < -0.4 is 5.32 Å². The van der Waals surface area contributed by atoms with Crippen LogP contribution in [-0.4, -0.2) is 54.7 Å². The zero-order valence-corrected chi connectivity index (χ0v) is 19.3. The van der Waals surface area contributed by atoms with Gasteiger partial charge in [0.25, 0.3) is 0 Å². The first-order valence-corrected chi connectivity index (χ1v) is 11.1. The Labute approximate surface area is 183 Å². The van der Waals surface area contributed by atoms with Gasteiger partial charge in [0.05, 0.1) is 3.57 Å². The monoisotopic (exact) mass is 577 g/mol. The molecule has 2 aromatic rings. The van der Waals surface area contributed by atoms with Gasteiger partial charge in [-0.3, -0.25) is 4.90 Å². The van der Waals surface area contributed by atoms with Crippen molar-refractivity contribution in [3.05, 3.63) is 60.7 Å². The van der Waals surface area contributed by atoms with Crippen LogP contribution in [-0.2, 0) is 6.54 Å². The Morgan fingerprint density at radius 1 is 1.15 bits per heavy atom. The molecule has 1 saturated heterocycles. The maximum Gasteiger partial charge on any atom is 0.133 e. The van der Waals surface area contributed by atoms with Crippen LogP contribution in [0.15, 0.2) is 42.5 Å². The molecular weight excluding hydrogens is 552 g/mol. The van der Waals surface area contributed by atoms with Crippen molar-refractivity contribution in [2.45, 2.75) is 12.6 Å². The van der Waals surface area contributed by atoms with Crippen LogP contribution in [0.1, 0.15) is 17.2 Å². The first-order chi connectivity index (χ1) is 12.5. The number of likely N-dealkylation sites (N-methyl/N-ethyl adjacent to an activating group) is 1. The molecule has 0 amide bonds. The molecule has 0 radical (unpaired) electrons. The van der Waals surface area contributed by atoms with Gasteiger partial charge in [0.15, 0.2) is 0 Å². The molecule has 140 valence electrons. The van der Waals surface area contributed by atoms with Crippen molar-refractivity contribution >= 4 is 45.2 Å². The van der Waals surface area contributed by atoms with Crippen molar-refractivity contribution in [2.75, 3.05) is 39.8 Å². The number of benzene rings is 2. The Kier molecular flexibility index (Phi) is 7.56. The average Bonchev–Trinajstić information content (AvgIpc) is 2.64. The molecule has 1 atom stereocenters. The van der Waals surface area contributed by atoms with E-state index in [-0.39, 0.29) is 0 Å². The molecule has 0 aromatic heterocycles. The van der Waals surface area contributed by atoms with Gasteiger partial charge in [0.2, 0.25) is 0 Å². The molecule has 26 heavy (non-hydrogen) atoms. The third-order valence-corrected chi connectivity index (χ3v) is 6.32. The molecule has 3 rings (SSSR count). The van der Waals surface area contributed by atoms with E-state index in [9.17, 15) is 5.11 Å².